The van der Waals surface area contributed by atoms with Gasteiger partial charge in [0, 0.05) is 16.1 Å². The van der Waals surface area contributed by atoms with Crippen LogP contribution < -0.4 is 5.32 Å². The molecular formula is C18H27Cl2N. The minimum atomic E-state index is 0.385. The Labute approximate surface area is 139 Å². The number of hydrogen-bond donors (Lipinski definition) is 1. The summed E-state index contributed by atoms with van der Waals surface area (Å²) in [6.07, 6.45) is 8.90. The predicted molar refractivity (Wildman–Crippen MR) is 93.4 cm³/mol. The summed E-state index contributed by atoms with van der Waals surface area (Å²) in [6, 6.07) is 6.38. The van der Waals surface area contributed by atoms with Crippen LogP contribution in [0.4, 0.5) is 0 Å². The molecule has 0 saturated heterocycles. The smallest absolute Gasteiger partial charge is 0.0453 e. The van der Waals surface area contributed by atoms with Crippen molar-refractivity contribution in [3.63, 3.8) is 0 Å². The molecule has 1 N–H and O–H groups in total. The van der Waals surface area contributed by atoms with E-state index in [0.29, 0.717) is 16.5 Å². The highest BCUT2D eigenvalue weighted by Gasteiger charge is 2.35. The summed E-state index contributed by atoms with van der Waals surface area (Å²) < 4.78 is 0. The molecule has 2 rings (SSSR count). The van der Waals surface area contributed by atoms with E-state index in [1.807, 2.05) is 12.1 Å². The van der Waals surface area contributed by atoms with Gasteiger partial charge >= 0.3 is 0 Å². The Morgan fingerprint density at radius 3 is 2.52 bits per heavy atom. The van der Waals surface area contributed by atoms with Gasteiger partial charge in [-0.15, -0.1) is 0 Å². The number of rotatable bonds is 6. The van der Waals surface area contributed by atoms with Crippen LogP contribution in [0.15, 0.2) is 18.2 Å². The number of benzene rings is 1. The van der Waals surface area contributed by atoms with E-state index >= 15 is 0 Å². The van der Waals surface area contributed by atoms with E-state index in [9.17, 15) is 0 Å². The maximum atomic E-state index is 6.38. The van der Waals surface area contributed by atoms with Crippen molar-refractivity contribution in [3.8, 4) is 0 Å². The quantitative estimate of drug-likeness (QED) is 0.688. The van der Waals surface area contributed by atoms with Gasteiger partial charge in [0.15, 0.2) is 0 Å². The molecule has 1 aliphatic rings. The molecular weight excluding hydrogens is 301 g/mol. The summed E-state index contributed by atoms with van der Waals surface area (Å²) in [6.45, 7) is 5.75. The van der Waals surface area contributed by atoms with Gasteiger partial charge in [-0.3, -0.25) is 0 Å². The Hall–Kier alpha value is -0.240. The van der Waals surface area contributed by atoms with Gasteiger partial charge < -0.3 is 5.32 Å². The second-order valence-corrected chi connectivity index (χ2v) is 7.50. The Balaban J connectivity index is 2.15. The first-order valence-corrected chi connectivity index (χ1v) is 8.98. The average Bonchev–Trinajstić information content (AvgIpc) is 2.46. The lowest BCUT2D eigenvalue weighted by Crippen LogP contribution is -2.46. The van der Waals surface area contributed by atoms with Crippen molar-refractivity contribution in [2.75, 3.05) is 6.54 Å². The van der Waals surface area contributed by atoms with Crippen molar-refractivity contribution >= 4 is 23.2 Å². The molecule has 1 nitrogen and oxygen atoms in total. The molecule has 21 heavy (non-hydrogen) atoms. The minimum absolute atomic E-state index is 0.385. The molecule has 1 unspecified atom stereocenters. The molecule has 0 radical (unpaired) electrons. The van der Waals surface area contributed by atoms with Gasteiger partial charge in [0.1, 0.15) is 0 Å². The molecule has 3 heteroatoms. The zero-order chi connectivity index (χ0) is 15.3. The summed E-state index contributed by atoms with van der Waals surface area (Å²) in [5.41, 5.74) is 1.59. The summed E-state index contributed by atoms with van der Waals surface area (Å²) in [4.78, 5) is 0. The van der Waals surface area contributed by atoms with Crippen LogP contribution in [-0.2, 0) is 6.42 Å². The van der Waals surface area contributed by atoms with Gasteiger partial charge in [0.25, 0.3) is 0 Å². The largest absolute Gasteiger partial charge is 0.313 e. The highest BCUT2D eigenvalue weighted by molar-refractivity contribution is 6.35. The molecule has 0 aliphatic heterocycles. The topological polar surface area (TPSA) is 12.0 Å². The normalized spacial score (nSPS) is 19.4. The van der Waals surface area contributed by atoms with Crippen molar-refractivity contribution in [1.82, 2.24) is 5.32 Å². The van der Waals surface area contributed by atoms with Gasteiger partial charge in [0.05, 0.1) is 0 Å². The molecule has 1 fully saturated rings. The molecule has 0 amide bonds. The molecule has 0 heterocycles. The van der Waals surface area contributed by atoms with Crippen molar-refractivity contribution in [2.45, 2.75) is 64.8 Å². The van der Waals surface area contributed by atoms with Crippen LogP contribution in [0, 0.1) is 5.41 Å². The lowest BCUT2D eigenvalue weighted by Gasteiger charge is -2.41. The Morgan fingerprint density at radius 2 is 1.90 bits per heavy atom. The van der Waals surface area contributed by atoms with Crippen molar-refractivity contribution in [1.29, 1.82) is 0 Å². The summed E-state index contributed by atoms with van der Waals surface area (Å²) in [5.74, 6) is 0. The lowest BCUT2D eigenvalue weighted by atomic mass is 9.69. The van der Waals surface area contributed by atoms with E-state index in [0.717, 1.165) is 18.0 Å². The molecule has 1 atom stereocenters. The van der Waals surface area contributed by atoms with Crippen LogP contribution >= 0.6 is 23.2 Å². The summed E-state index contributed by atoms with van der Waals surface area (Å²) in [5, 5.41) is 5.29. The molecule has 1 saturated carbocycles. The van der Waals surface area contributed by atoms with Crippen molar-refractivity contribution in [3.05, 3.63) is 33.8 Å². The van der Waals surface area contributed by atoms with Gasteiger partial charge in [-0.05, 0) is 55.3 Å². The Kier molecular flexibility index (Phi) is 6.40. The van der Waals surface area contributed by atoms with E-state index in [4.69, 9.17) is 23.2 Å². The number of hydrogen-bond acceptors (Lipinski definition) is 1. The van der Waals surface area contributed by atoms with Gasteiger partial charge in [-0.25, -0.2) is 0 Å². The van der Waals surface area contributed by atoms with E-state index in [2.05, 4.69) is 25.2 Å². The molecule has 1 aromatic carbocycles. The highest BCUT2D eigenvalue weighted by Crippen LogP contribution is 2.40. The van der Waals surface area contributed by atoms with Crippen molar-refractivity contribution in [2.24, 2.45) is 5.41 Å². The maximum Gasteiger partial charge on any atom is 0.0453 e. The summed E-state index contributed by atoms with van der Waals surface area (Å²) in [7, 11) is 0. The molecule has 0 spiro atoms. The van der Waals surface area contributed by atoms with Gasteiger partial charge in [-0.2, -0.15) is 0 Å². The van der Waals surface area contributed by atoms with Crippen LogP contribution in [0.5, 0.6) is 0 Å². The Morgan fingerprint density at radius 1 is 1.19 bits per heavy atom. The van der Waals surface area contributed by atoms with Crippen LogP contribution in [-0.4, -0.2) is 12.6 Å². The highest BCUT2D eigenvalue weighted by atomic mass is 35.5. The van der Waals surface area contributed by atoms with E-state index in [1.165, 1.54) is 44.1 Å². The fourth-order valence-corrected chi connectivity index (χ4v) is 3.98. The third kappa shape index (κ3) is 4.61. The van der Waals surface area contributed by atoms with Crippen LogP contribution in [0.1, 0.15) is 57.9 Å². The zero-order valence-electron chi connectivity index (χ0n) is 13.2. The third-order valence-corrected chi connectivity index (χ3v) is 5.50. The standard InChI is InChI=1S/C18H27Cl2N/c1-3-11-21-17(18(2)9-5-4-6-10-18)12-14-7-8-15(19)13-16(14)20/h7-8,13,17,21H,3-6,9-12H2,1-2H3. The molecule has 0 aromatic heterocycles. The second kappa shape index (κ2) is 7.85. The monoisotopic (exact) mass is 327 g/mol. The third-order valence-electron chi connectivity index (χ3n) is 4.92. The zero-order valence-corrected chi connectivity index (χ0v) is 14.7. The first-order chi connectivity index (χ1) is 10.0. The second-order valence-electron chi connectivity index (χ2n) is 6.66. The fraction of sp³-hybridized carbons (Fsp3) is 0.667. The maximum absolute atomic E-state index is 6.38. The Bertz CT molecular complexity index is 453. The van der Waals surface area contributed by atoms with Gasteiger partial charge in [-0.1, -0.05) is 62.4 Å². The first kappa shape index (κ1) is 17.1. The van der Waals surface area contributed by atoms with Crippen LogP contribution in [0.3, 0.4) is 0 Å². The summed E-state index contributed by atoms with van der Waals surface area (Å²) >= 11 is 12.4. The van der Waals surface area contributed by atoms with E-state index in [-0.39, 0.29) is 0 Å². The lowest BCUT2D eigenvalue weighted by molar-refractivity contribution is 0.143. The van der Waals surface area contributed by atoms with Crippen molar-refractivity contribution < 1.29 is 0 Å². The SMILES string of the molecule is CCCNC(Cc1ccc(Cl)cc1Cl)C1(C)CCCCC1. The molecule has 1 aliphatic carbocycles. The van der Waals surface area contributed by atoms with Crippen LogP contribution in [0.2, 0.25) is 10.0 Å². The van der Waals surface area contributed by atoms with E-state index in [1.54, 1.807) is 0 Å². The molecule has 118 valence electrons. The van der Waals surface area contributed by atoms with E-state index < -0.39 is 0 Å². The minimum Gasteiger partial charge on any atom is -0.313 e. The van der Waals surface area contributed by atoms with Gasteiger partial charge in [0.2, 0.25) is 0 Å². The number of halogens is 2. The number of nitrogens with one attached hydrogen (secondary N) is 1. The predicted octanol–water partition coefficient (Wildman–Crippen LogP) is 5.87. The molecule has 0 bridgehead atoms. The molecule has 1 aromatic rings. The average molecular weight is 328 g/mol. The fourth-order valence-electron chi connectivity index (χ4n) is 3.50. The first-order valence-electron chi connectivity index (χ1n) is 8.22. The van der Waals surface area contributed by atoms with Crippen LogP contribution in [0.25, 0.3) is 0 Å².